The smallest absolute Gasteiger partial charge is 0.277 e. The second-order valence-corrected chi connectivity index (χ2v) is 5.88. The number of pyridine rings is 1. The summed E-state index contributed by atoms with van der Waals surface area (Å²) in [6.45, 7) is 0. The number of benzene rings is 1. The summed E-state index contributed by atoms with van der Waals surface area (Å²) in [5.74, 6) is 0.286. The van der Waals surface area contributed by atoms with E-state index in [0.29, 0.717) is 17.1 Å². The van der Waals surface area contributed by atoms with Gasteiger partial charge in [0.15, 0.2) is 5.15 Å². The van der Waals surface area contributed by atoms with E-state index in [0.717, 1.165) is 11.8 Å². The molecule has 3 rings (SSSR count). The minimum atomic E-state index is -0.265. The lowest BCUT2D eigenvalue weighted by molar-refractivity contribution is -0.113. The molecule has 0 spiro atoms. The molecule has 0 bridgehead atoms. The quantitative estimate of drug-likeness (QED) is 0.530. The molecule has 2 aromatic heterocycles. The molecular formula is C15H11ClN4O3S. The summed E-state index contributed by atoms with van der Waals surface area (Å²) < 4.78 is 5.47. The van der Waals surface area contributed by atoms with E-state index < -0.39 is 0 Å². The first kappa shape index (κ1) is 16.3. The van der Waals surface area contributed by atoms with Crippen molar-refractivity contribution in [2.24, 2.45) is 0 Å². The standard InChI is InChI=1S/C15H11ClN4O3S/c16-13-11(2-1-7-17-13)18-12(22)8-24-15-20-19-14(23-15)9-3-5-10(21)6-4-9/h1-7,21H,8H2,(H,18,22). The van der Waals surface area contributed by atoms with E-state index >= 15 is 0 Å². The predicted molar refractivity (Wildman–Crippen MR) is 90.0 cm³/mol. The first-order chi connectivity index (χ1) is 11.6. The van der Waals surface area contributed by atoms with Gasteiger partial charge in [-0.25, -0.2) is 4.98 Å². The molecule has 0 saturated carbocycles. The number of phenols is 1. The van der Waals surface area contributed by atoms with Gasteiger partial charge in [0.2, 0.25) is 11.8 Å². The number of thioether (sulfide) groups is 1. The highest BCUT2D eigenvalue weighted by molar-refractivity contribution is 7.99. The molecule has 0 aliphatic rings. The third kappa shape index (κ3) is 4.03. The molecule has 2 heterocycles. The van der Waals surface area contributed by atoms with Crippen molar-refractivity contribution in [3.63, 3.8) is 0 Å². The van der Waals surface area contributed by atoms with Crippen LogP contribution in [0.4, 0.5) is 5.69 Å². The molecule has 1 aromatic carbocycles. The third-order valence-corrected chi connectivity index (χ3v) is 4.00. The zero-order chi connectivity index (χ0) is 16.9. The third-order valence-electron chi connectivity index (χ3n) is 2.88. The molecule has 24 heavy (non-hydrogen) atoms. The number of carbonyl (C=O) groups excluding carboxylic acids is 1. The highest BCUT2D eigenvalue weighted by atomic mass is 35.5. The second-order valence-electron chi connectivity index (χ2n) is 4.60. The van der Waals surface area contributed by atoms with Crippen molar-refractivity contribution in [1.29, 1.82) is 0 Å². The van der Waals surface area contributed by atoms with Gasteiger partial charge < -0.3 is 14.8 Å². The van der Waals surface area contributed by atoms with Gasteiger partial charge in [0, 0.05) is 11.8 Å². The van der Waals surface area contributed by atoms with Crippen molar-refractivity contribution >= 4 is 35.0 Å². The number of phenolic OH excluding ortho intramolecular Hbond substituents is 1. The van der Waals surface area contributed by atoms with Crippen LogP contribution in [0.25, 0.3) is 11.5 Å². The number of rotatable bonds is 5. The Hall–Kier alpha value is -2.58. The van der Waals surface area contributed by atoms with E-state index in [2.05, 4.69) is 20.5 Å². The lowest BCUT2D eigenvalue weighted by Gasteiger charge is -2.04. The van der Waals surface area contributed by atoms with Crippen molar-refractivity contribution in [2.75, 3.05) is 11.1 Å². The number of hydrogen-bond acceptors (Lipinski definition) is 7. The monoisotopic (exact) mass is 362 g/mol. The Morgan fingerprint density at radius 2 is 2.04 bits per heavy atom. The van der Waals surface area contributed by atoms with Gasteiger partial charge in [-0.1, -0.05) is 23.4 Å². The summed E-state index contributed by atoms with van der Waals surface area (Å²) in [6, 6.07) is 9.71. The maximum atomic E-state index is 11.9. The zero-order valence-electron chi connectivity index (χ0n) is 12.1. The largest absolute Gasteiger partial charge is 0.508 e. The number of aromatic nitrogens is 3. The summed E-state index contributed by atoms with van der Waals surface area (Å²) >= 11 is 6.98. The van der Waals surface area contributed by atoms with Gasteiger partial charge in [0.25, 0.3) is 5.22 Å². The SMILES string of the molecule is O=C(CSc1nnc(-c2ccc(O)cc2)o1)Nc1cccnc1Cl. The van der Waals surface area contributed by atoms with E-state index in [1.807, 2.05) is 0 Å². The summed E-state index contributed by atoms with van der Waals surface area (Å²) in [6.07, 6.45) is 1.54. The number of anilines is 1. The van der Waals surface area contributed by atoms with Crippen molar-refractivity contribution in [3.05, 3.63) is 47.7 Å². The fourth-order valence-corrected chi connectivity index (χ4v) is 2.51. The highest BCUT2D eigenvalue weighted by Gasteiger charge is 2.12. The average Bonchev–Trinajstić information content (AvgIpc) is 3.05. The van der Waals surface area contributed by atoms with Gasteiger partial charge in [0.1, 0.15) is 5.75 Å². The topological polar surface area (TPSA) is 101 Å². The summed E-state index contributed by atoms with van der Waals surface area (Å²) in [7, 11) is 0. The van der Waals surface area contributed by atoms with Crippen LogP contribution in [-0.4, -0.2) is 31.9 Å². The molecule has 0 unspecified atom stereocenters. The van der Waals surface area contributed by atoms with Gasteiger partial charge >= 0.3 is 0 Å². The van der Waals surface area contributed by atoms with Crippen molar-refractivity contribution in [1.82, 2.24) is 15.2 Å². The lowest BCUT2D eigenvalue weighted by atomic mass is 10.2. The Labute approximate surface area is 146 Å². The summed E-state index contributed by atoms with van der Waals surface area (Å²) in [5, 5.41) is 20.2. The van der Waals surface area contributed by atoms with Crippen molar-refractivity contribution in [2.45, 2.75) is 5.22 Å². The molecular weight excluding hydrogens is 352 g/mol. The van der Waals surface area contributed by atoms with Crippen LogP contribution < -0.4 is 5.32 Å². The van der Waals surface area contributed by atoms with Gasteiger partial charge in [-0.15, -0.1) is 10.2 Å². The van der Waals surface area contributed by atoms with E-state index in [4.69, 9.17) is 16.0 Å². The molecule has 0 saturated heterocycles. The fraction of sp³-hybridized carbons (Fsp3) is 0.0667. The normalized spacial score (nSPS) is 10.5. The maximum absolute atomic E-state index is 11.9. The fourth-order valence-electron chi connectivity index (χ4n) is 1.78. The first-order valence-corrected chi connectivity index (χ1v) is 8.14. The summed E-state index contributed by atoms with van der Waals surface area (Å²) in [4.78, 5) is 15.8. The van der Waals surface area contributed by atoms with Crippen LogP contribution in [0.15, 0.2) is 52.2 Å². The number of halogens is 1. The highest BCUT2D eigenvalue weighted by Crippen LogP contribution is 2.25. The molecule has 0 aliphatic heterocycles. The zero-order valence-corrected chi connectivity index (χ0v) is 13.7. The molecule has 7 nitrogen and oxygen atoms in total. The van der Waals surface area contributed by atoms with Crippen LogP contribution in [-0.2, 0) is 4.79 Å². The Bertz CT molecular complexity index is 854. The van der Waals surface area contributed by atoms with Crippen LogP contribution in [0.2, 0.25) is 5.15 Å². The summed E-state index contributed by atoms with van der Waals surface area (Å²) in [5.41, 5.74) is 1.12. The predicted octanol–water partition coefficient (Wildman–Crippen LogP) is 3.22. The molecule has 0 radical (unpaired) electrons. The molecule has 3 aromatic rings. The molecule has 0 atom stereocenters. The number of nitrogens with one attached hydrogen (secondary N) is 1. The average molecular weight is 363 g/mol. The number of nitrogens with zero attached hydrogens (tertiary/aromatic N) is 3. The molecule has 122 valence electrons. The Morgan fingerprint density at radius 3 is 2.79 bits per heavy atom. The van der Waals surface area contributed by atoms with Crippen molar-refractivity contribution in [3.8, 4) is 17.2 Å². The minimum absolute atomic E-state index is 0.0857. The first-order valence-electron chi connectivity index (χ1n) is 6.78. The van der Waals surface area contributed by atoms with Crippen LogP contribution >= 0.6 is 23.4 Å². The van der Waals surface area contributed by atoms with Crippen LogP contribution in [0.5, 0.6) is 5.75 Å². The number of carbonyl (C=O) groups is 1. The number of aromatic hydroxyl groups is 1. The van der Waals surface area contributed by atoms with E-state index in [1.165, 1.54) is 18.3 Å². The van der Waals surface area contributed by atoms with E-state index in [9.17, 15) is 9.90 Å². The lowest BCUT2D eigenvalue weighted by Crippen LogP contribution is -2.14. The van der Waals surface area contributed by atoms with Gasteiger partial charge in [-0.05, 0) is 36.4 Å². The van der Waals surface area contributed by atoms with Crippen molar-refractivity contribution < 1.29 is 14.3 Å². The molecule has 1 amide bonds. The van der Waals surface area contributed by atoms with Crippen LogP contribution in [0.1, 0.15) is 0 Å². The maximum Gasteiger partial charge on any atom is 0.277 e. The Morgan fingerprint density at radius 1 is 1.25 bits per heavy atom. The van der Waals surface area contributed by atoms with Gasteiger partial charge in [-0.2, -0.15) is 0 Å². The molecule has 0 aliphatic carbocycles. The number of amides is 1. The molecule has 9 heteroatoms. The van der Waals surface area contributed by atoms with Gasteiger partial charge in [-0.3, -0.25) is 4.79 Å². The van der Waals surface area contributed by atoms with Gasteiger partial charge in [0.05, 0.1) is 11.4 Å². The minimum Gasteiger partial charge on any atom is -0.508 e. The van der Waals surface area contributed by atoms with Crippen LogP contribution in [0.3, 0.4) is 0 Å². The second kappa shape index (κ2) is 7.33. The number of hydrogen-bond donors (Lipinski definition) is 2. The Balaban J connectivity index is 1.58. The van der Waals surface area contributed by atoms with Crippen LogP contribution in [0, 0.1) is 0 Å². The Kier molecular flexibility index (Phi) is 4.97. The molecule has 2 N–H and O–H groups in total. The molecule has 0 fully saturated rings. The van der Waals surface area contributed by atoms with E-state index in [1.54, 1.807) is 24.3 Å². The van der Waals surface area contributed by atoms with E-state index in [-0.39, 0.29) is 27.8 Å².